The zero-order chi connectivity index (χ0) is 23.2. The molecule has 0 radical (unpaired) electrons. The fourth-order valence-electron chi connectivity index (χ4n) is 2.74. The van der Waals surface area contributed by atoms with Crippen LogP contribution in [0.3, 0.4) is 0 Å². The fourth-order valence-corrected chi connectivity index (χ4v) is 3.74. The maximum Gasteiger partial charge on any atom is 0.417 e. The molecule has 3 aromatic heterocycles. The molecule has 3 heterocycles. The molecule has 7 nitrogen and oxygen atoms in total. The van der Waals surface area contributed by atoms with Gasteiger partial charge in [-0.2, -0.15) is 18.2 Å². The molecule has 0 saturated heterocycles. The van der Waals surface area contributed by atoms with Gasteiger partial charge in [0.05, 0.1) is 20.1 Å². The summed E-state index contributed by atoms with van der Waals surface area (Å²) in [5, 5.41) is 4.22. The van der Waals surface area contributed by atoms with Gasteiger partial charge in [0.2, 0.25) is 5.82 Å². The third kappa shape index (κ3) is 4.45. The number of imidazole rings is 1. The van der Waals surface area contributed by atoms with Crippen molar-refractivity contribution >= 4 is 50.6 Å². The molecule has 166 valence electrons. The summed E-state index contributed by atoms with van der Waals surface area (Å²) in [5.41, 5.74) is -0.125. The second-order valence-corrected chi connectivity index (χ2v) is 8.28. The molecule has 1 aromatic carbocycles. The molecule has 0 aliphatic carbocycles. The Kier molecular flexibility index (Phi) is 5.91. The van der Waals surface area contributed by atoms with E-state index in [1.54, 1.807) is 0 Å². The van der Waals surface area contributed by atoms with E-state index in [9.17, 15) is 18.0 Å². The second kappa shape index (κ2) is 8.38. The monoisotopic (exact) mass is 548 g/mol. The minimum atomic E-state index is -4.52. The van der Waals surface area contributed by atoms with Crippen LogP contribution < -0.4 is 4.74 Å². The molecule has 0 bridgehead atoms. The molecular formula is C19H10BrCl2F3N4O3. The van der Waals surface area contributed by atoms with Gasteiger partial charge in [-0.15, -0.1) is 0 Å². The number of ether oxygens (including phenoxy) is 1. The minimum absolute atomic E-state index is 0.0340. The predicted octanol–water partition coefficient (Wildman–Crippen LogP) is 6.11. The second-order valence-electron chi connectivity index (χ2n) is 6.61. The van der Waals surface area contributed by atoms with Gasteiger partial charge in [-0.25, -0.2) is 4.98 Å². The molecule has 0 aliphatic heterocycles. The van der Waals surface area contributed by atoms with E-state index in [-0.39, 0.29) is 55.7 Å². The standard InChI is InChI=1S/C19H10BrCl2F3N4O3/c1-8(30)7-31-15-4-12(21)10(3-13(15)22)16-27-18(32-28-16)14-6-29-5-9(19(23,24)25)2-11(20)17(29)26-14/h2-6H,7H2,1H3. The Balaban J connectivity index is 1.68. The first-order chi connectivity index (χ1) is 15.0. The summed E-state index contributed by atoms with van der Waals surface area (Å²) in [7, 11) is 0. The molecule has 4 aromatic rings. The van der Waals surface area contributed by atoms with E-state index in [0.717, 1.165) is 12.3 Å². The highest BCUT2D eigenvalue weighted by Gasteiger charge is 2.32. The number of carbonyl (C=O) groups excluding carboxylic acids is 1. The first-order valence-corrected chi connectivity index (χ1v) is 10.3. The molecular weight excluding hydrogens is 540 g/mol. The van der Waals surface area contributed by atoms with Crippen molar-refractivity contribution in [3.63, 3.8) is 0 Å². The van der Waals surface area contributed by atoms with Crippen LogP contribution in [0.25, 0.3) is 28.6 Å². The number of carbonyl (C=O) groups is 1. The molecule has 0 amide bonds. The maximum absolute atomic E-state index is 13.1. The number of hydrogen-bond donors (Lipinski definition) is 0. The smallest absolute Gasteiger partial charge is 0.417 e. The molecule has 4 rings (SSSR count). The maximum atomic E-state index is 13.1. The summed E-state index contributed by atoms with van der Waals surface area (Å²) in [4.78, 5) is 19.6. The number of ketones is 1. The fraction of sp³-hybridized carbons (Fsp3) is 0.158. The average molecular weight is 550 g/mol. The highest BCUT2D eigenvalue weighted by atomic mass is 79.9. The molecule has 13 heteroatoms. The minimum Gasteiger partial charge on any atom is -0.484 e. The lowest BCUT2D eigenvalue weighted by molar-refractivity contribution is -0.137. The highest BCUT2D eigenvalue weighted by molar-refractivity contribution is 9.10. The number of pyridine rings is 1. The van der Waals surface area contributed by atoms with Gasteiger partial charge in [0, 0.05) is 24.0 Å². The Bertz CT molecular complexity index is 1350. The SMILES string of the molecule is CC(=O)COc1cc(Cl)c(-c2noc(-c3cn4cc(C(F)(F)F)cc(Br)c4n3)n2)cc1Cl. The molecule has 0 N–H and O–H groups in total. The van der Waals surface area contributed by atoms with E-state index >= 15 is 0 Å². The van der Waals surface area contributed by atoms with E-state index in [4.69, 9.17) is 32.5 Å². The summed E-state index contributed by atoms with van der Waals surface area (Å²) < 4.78 is 51.0. The molecule has 0 fully saturated rings. The third-order valence-electron chi connectivity index (χ3n) is 4.17. The summed E-state index contributed by atoms with van der Waals surface area (Å²) in [6.45, 7) is 1.20. The van der Waals surface area contributed by atoms with Crippen LogP contribution in [0.4, 0.5) is 13.2 Å². The van der Waals surface area contributed by atoms with Gasteiger partial charge >= 0.3 is 6.18 Å². The van der Waals surface area contributed by atoms with Crippen molar-refractivity contribution in [1.82, 2.24) is 19.5 Å². The highest BCUT2D eigenvalue weighted by Crippen LogP contribution is 2.37. The molecule has 0 aliphatic rings. The van der Waals surface area contributed by atoms with E-state index in [1.807, 2.05) is 0 Å². The number of alkyl halides is 3. The van der Waals surface area contributed by atoms with Crippen LogP contribution in [0.1, 0.15) is 12.5 Å². The zero-order valence-corrected chi connectivity index (χ0v) is 19.0. The molecule has 0 unspecified atom stereocenters. The zero-order valence-electron chi connectivity index (χ0n) is 15.9. The van der Waals surface area contributed by atoms with E-state index in [0.29, 0.717) is 5.56 Å². The van der Waals surface area contributed by atoms with E-state index < -0.39 is 11.7 Å². The number of hydrogen-bond acceptors (Lipinski definition) is 6. The van der Waals surface area contributed by atoms with Crippen LogP contribution >= 0.6 is 39.1 Å². The van der Waals surface area contributed by atoms with Crippen molar-refractivity contribution in [3.8, 4) is 28.7 Å². The number of fused-ring (bicyclic) bond motifs is 1. The Morgan fingerprint density at radius 1 is 1.19 bits per heavy atom. The first kappa shape index (κ1) is 22.6. The Labute approximate surface area is 196 Å². The Morgan fingerprint density at radius 2 is 1.94 bits per heavy atom. The third-order valence-corrected chi connectivity index (χ3v) is 5.36. The summed E-state index contributed by atoms with van der Waals surface area (Å²) in [5.74, 6) is 0.0703. The van der Waals surface area contributed by atoms with Crippen molar-refractivity contribution in [3.05, 3.63) is 50.7 Å². The van der Waals surface area contributed by atoms with Gasteiger partial charge in [-0.3, -0.25) is 4.79 Å². The van der Waals surface area contributed by atoms with Gasteiger partial charge in [-0.05, 0) is 35.0 Å². The molecule has 32 heavy (non-hydrogen) atoms. The first-order valence-electron chi connectivity index (χ1n) is 8.74. The average Bonchev–Trinajstić information content (AvgIpc) is 3.34. The van der Waals surface area contributed by atoms with Gasteiger partial charge in [0.1, 0.15) is 18.1 Å². The summed E-state index contributed by atoms with van der Waals surface area (Å²) >= 11 is 15.6. The summed E-state index contributed by atoms with van der Waals surface area (Å²) in [6.07, 6.45) is -2.28. The van der Waals surface area contributed by atoms with Crippen molar-refractivity contribution in [1.29, 1.82) is 0 Å². The van der Waals surface area contributed by atoms with Crippen molar-refractivity contribution in [2.45, 2.75) is 13.1 Å². The lowest BCUT2D eigenvalue weighted by Crippen LogP contribution is -2.06. The van der Waals surface area contributed by atoms with Gasteiger partial charge in [-0.1, -0.05) is 28.4 Å². The lowest BCUT2D eigenvalue weighted by Gasteiger charge is -2.08. The number of aromatic nitrogens is 4. The molecule has 0 spiro atoms. The van der Waals surface area contributed by atoms with Crippen LogP contribution in [0.2, 0.25) is 10.0 Å². The Hall–Kier alpha value is -2.63. The van der Waals surface area contributed by atoms with Gasteiger partial charge < -0.3 is 13.7 Å². The summed E-state index contributed by atoms with van der Waals surface area (Å²) in [6, 6.07) is 3.80. The largest absolute Gasteiger partial charge is 0.484 e. The van der Waals surface area contributed by atoms with E-state index in [1.165, 1.54) is 29.7 Å². The predicted molar refractivity (Wildman–Crippen MR) is 113 cm³/mol. The quantitative estimate of drug-likeness (QED) is 0.299. The number of Topliss-reactive ketones (excluding diaryl/α,β-unsaturated/α-hetero) is 1. The van der Waals surface area contributed by atoms with Crippen LogP contribution in [0, 0.1) is 0 Å². The Morgan fingerprint density at radius 3 is 2.62 bits per heavy atom. The van der Waals surface area contributed by atoms with Crippen LogP contribution in [-0.2, 0) is 11.0 Å². The van der Waals surface area contributed by atoms with Crippen molar-refractivity contribution in [2.75, 3.05) is 6.61 Å². The number of rotatable bonds is 5. The van der Waals surface area contributed by atoms with E-state index in [2.05, 4.69) is 31.1 Å². The molecule has 0 atom stereocenters. The van der Waals surface area contributed by atoms with Crippen LogP contribution in [0.5, 0.6) is 5.75 Å². The molecule has 0 saturated carbocycles. The van der Waals surface area contributed by atoms with Crippen LogP contribution in [0.15, 0.2) is 39.6 Å². The normalized spacial score (nSPS) is 11.8. The van der Waals surface area contributed by atoms with Crippen molar-refractivity contribution in [2.24, 2.45) is 0 Å². The van der Waals surface area contributed by atoms with Crippen LogP contribution in [-0.4, -0.2) is 31.9 Å². The van der Waals surface area contributed by atoms with Crippen molar-refractivity contribution < 1.29 is 27.2 Å². The lowest BCUT2D eigenvalue weighted by atomic mass is 10.2. The number of benzene rings is 1. The topological polar surface area (TPSA) is 82.5 Å². The number of nitrogens with zero attached hydrogens (tertiary/aromatic N) is 4. The number of halogens is 6. The van der Waals surface area contributed by atoms with Gasteiger partial charge in [0.15, 0.2) is 11.4 Å². The van der Waals surface area contributed by atoms with Gasteiger partial charge in [0.25, 0.3) is 5.89 Å².